The first kappa shape index (κ1) is 30.9. The van der Waals surface area contributed by atoms with Gasteiger partial charge in [0.15, 0.2) is 11.6 Å². The number of likely N-dealkylation sites (tertiary alicyclic amines) is 1. The van der Waals surface area contributed by atoms with Crippen LogP contribution in [0.3, 0.4) is 0 Å². The highest BCUT2D eigenvalue weighted by Crippen LogP contribution is 2.39. The summed E-state index contributed by atoms with van der Waals surface area (Å²) in [6, 6.07) is 11.9. The largest absolute Gasteiger partial charge is 0.453 e. The monoisotopic (exact) mass is 632 g/mol. The van der Waals surface area contributed by atoms with Crippen molar-refractivity contribution >= 4 is 39.2 Å². The molecule has 1 saturated heterocycles. The van der Waals surface area contributed by atoms with Crippen LogP contribution in [-0.4, -0.2) is 63.7 Å². The van der Waals surface area contributed by atoms with Gasteiger partial charge in [0.05, 0.1) is 32.8 Å². The van der Waals surface area contributed by atoms with E-state index in [1.54, 1.807) is 18.3 Å². The predicted molar refractivity (Wildman–Crippen MR) is 172 cm³/mol. The molecule has 0 bridgehead atoms. The van der Waals surface area contributed by atoms with Crippen molar-refractivity contribution in [1.82, 2.24) is 25.5 Å². The maximum Gasteiger partial charge on any atom is 0.319 e. The topological polar surface area (TPSA) is 129 Å². The number of nitrogens with one attached hydrogen (secondary N) is 3. The quantitative estimate of drug-likeness (QED) is 0.168. The number of carbonyl (C=O) groups excluding carboxylic acids is 2. The molecule has 236 valence electrons. The van der Waals surface area contributed by atoms with Gasteiger partial charge in [-0.1, -0.05) is 13.0 Å². The van der Waals surface area contributed by atoms with E-state index in [1.165, 1.54) is 23.5 Å². The number of amides is 3. The molecule has 2 atom stereocenters. The lowest BCUT2D eigenvalue weighted by molar-refractivity contribution is -0.127. The van der Waals surface area contributed by atoms with Gasteiger partial charge in [0, 0.05) is 55.9 Å². The van der Waals surface area contributed by atoms with E-state index < -0.39 is 11.9 Å². The fraction of sp³-hybridized carbons (Fsp3) is 0.394. The molecule has 2 aliphatic rings. The summed E-state index contributed by atoms with van der Waals surface area (Å²) in [5.41, 5.74) is 2.92. The van der Waals surface area contributed by atoms with E-state index in [4.69, 9.17) is 9.72 Å². The molecule has 3 aromatic heterocycles. The van der Waals surface area contributed by atoms with Crippen LogP contribution in [0.25, 0.3) is 20.8 Å². The molecule has 1 saturated carbocycles. The highest BCUT2D eigenvalue weighted by molar-refractivity contribution is 7.22. The molecule has 1 aliphatic carbocycles. The Hall–Kier alpha value is -4.13. The van der Waals surface area contributed by atoms with Crippen LogP contribution in [0.1, 0.15) is 44.6 Å². The first-order chi connectivity index (χ1) is 21.8. The van der Waals surface area contributed by atoms with Gasteiger partial charge in [-0.3, -0.25) is 19.7 Å². The number of fused-ring (bicyclic) bond motifs is 1. The van der Waals surface area contributed by atoms with Gasteiger partial charge >= 0.3 is 6.03 Å². The fourth-order valence-corrected chi connectivity index (χ4v) is 6.37. The molecule has 12 heteroatoms. The third-order valence-corrected chi connectivity index (χ3v) is 9.20. The van der Waals surface area contributed by atoms with Gasteiger partial charge in [-0.05, 0) is 68.5 Å². The second-order valence-corrected chi connectivity index (χ2v) is 12.7. The Bertz CT molecular complexity index is 1660. The van der Waals surface area contributed by atoms with Crippen molar-refractivity contribution in [3.63, 3.8) is 0 Å². The van der Waals surface area contributed by atoms with E-state index in [1.807, 2.05) is 25.3 Å². The number of carbonyl (C=O) groups is 2. The van der Waals surface area contributed by atoms with E-state index in [2.05, 4.69) is 31.9 Å². The number of urea groups is 1. The highest BCUT2D eigenvalue weighted by atomic mass is 32.1. The number of anilines is 1. The summed E-state index contributed by atoms with van der Waals surface area (Å²) < 4.78 is 21.7. The number of hydrogen-bond donors (Lipinski definition) is 4. The van der Waals surface area contributed by atoms with E-state index in [0.717, 1.165) is 58.6 Å². The maximum absolute atomic E-state index is 14.9. The molecule has 4 N–H and O–H groups in total. The lowest BCUT2D eigenvalue weighted by Crippen LogP contribution is -2.44. The first-order valence-electron chi connectivity index (χ1n) is 15.4. The van der Waals surface area contributed by atoms with E-state index in [-0.39, 0.29) is 29.6 Å². The van der Waals surface area contributed by atoms with Gasteiger partial charge in [0.25, 0.3) is 0 Å². The third kappa shape index (κ3) is 7.94. The number of benzene rings is 1. The molecule has 1 aliphatic heterocycles. The molecule has 6 rings (SSSR count). The zero-order valence-electron chi connectivity index (χ0n) is 25.1. The third-order valence-electron chi connectivity index (χ3n) is 8.04. The number of aromatic nitrogens is 2. The van der Waals surface area contributed by atoms with Crippen molar-refractivity contribution in [2.24, 2.45) is 5.92 Å². The molecule has 0 radical (unpaired) electrons. The number of pyridine rings is 2. The lowest BCUT2D eigenvalue weighted by atomic mass is 9.96. The minimum atomic E-state index is -0.589. The Balaban J connectivity index is 1.09. The van der Waals surface area contributed by atoms with E-state index in [0.29, 0.717) is 37.5 Å². The van der Waals surface area contributed by atoms with Crippen LogP contribution < -0.4 is 20.7 Å². The number of halogens is 1. The minimum Gasteiger partial charge on any atom is -0.453 e. The van der Waals surface area contributed by atoms with Gasteiger partial charge in [-0.2, -0.15) is 0 Å². The number of thiophene rings is 1. The minimum absolute atomic E-state index is 0.00679. The van der Waals surface area contributed by atoms with Gasteiger partial charge in [0.1, 0.15) is 5.75 Å². The van der Waals surface area contributed by atoms with Gasteiger partial charge in [-0.25, -0.2) is 9.18 Å². The Morgan fingerprint density at radius 3 is 2.76 bits per heavy atom. The van der Waals surface area contributed by atoms with Crippen LogP contribution in [0.4, 0.5) is 14.9 Å². The SMILES string of the molecule is CC[C@H](O)CNC(=O)C1CCCN(Cc2ccc(-c3cc4nccc(Oc5ccc(NC(=O)NC6CC6)cc5F)c4s3)nc2)C1. The van der Waals surface area contributed by atoms with Crippen LogP contribution in [-0.2, 0) is 11.3 Å². The van der Waals surface area contributed by atoms with Gasteiger partial charge < -0.3 is 25.8 Å². The molecule has 4 aromatic rings. The summed E-state index contributed by atoms with van der Waals surface area (Å²) in [5, 5.41) is 18.1. The van der Waals surface area contributed by atoms with Crippen molar-refractivity contribution in [2.45, 2.75) is 57.7 Å². The fourth-order valence-electron chi connectivity index (χ4n) is 5.32. The van der Waals surface area contributed by atoms with E-state index in [9.17, 15) is 19.1 Å². The van der Waals surface area contributed by atoms with Crippen LogP contribution >= 0.6 is 11.3 Å². The second kappa shape index (κ2) is 13.9. The molecule has 4 heterocycles. The Morgan fingerprint density at radius 1 is 1.13 bits per heavy atom. The smallest absolute Gasteiger partial charge is 0.319 e. The average molecular weight is 633 g/mol. The molecule has 3 amide bonds. The zero-order valence-corrected chi connectivity index (χ0v) is 25.9. The Morgan fingerprint density at radius 2 is 2.00 bits per heavy atom. The molecular formula is C33H37FN6O4S. The van der Waals surface area contributed by atoms with Crippen molar-refractivity contribution < 1.29 is 23.8 Å². The number of aliphatic hydroxyl groups excluding tert-OH is 1. The average Bonchev–Trinajstić information content (AvgIpc) is 3.74. The van der Waals surface area contributed by atoms with Crippen molar-refractivity contribution in [2.75, 3.05) is 25.0 Å². The summed E-state index contributed by atoms with van der Waals surface area (Å²) in [6.07, 6.45) is 7.32. The summed E-state index contributed by atoms with van der Waals surface area (Å²) >= 11 is 1.47. The van der Waals surface area contributed by atoms with Crippen LogP contribution in [0, 0.1) is 11.7 Å². The Kier molecular flexibility index (Phi) is 9.53. The lowest BCUT2D eigenvalue weighted by Gasteiger charge is -2.32. The van der Waals surface area contributed by atoms with Crippen molar-refractivity contribution in [3.8, 4) is 22.1 Å². The highest BCUT2D eigenvalue weighted by Gasteiger charge is 2.26. The van der Waals surface area contributed by atoms with Crippen molar-refractivity contribution in [1.29, 1.82) is 0 Å². The number of nitrogens with zero attached hydrogens (tertiary/aromatic N) is 3. The number of hydrogen-bond acceptors (Lipinski definition) is 8. The normalized spacial score (nSPS) is 17.5. The molecule has 10 nitrogen and oxygen atoms in total. The summed E-state index contributed by atoms with van der Waals surface area (Å²) in [6.45, 7) is 4.48. The van der Waals surface area contributed by atoms with Crippen LogP contribution in [0.15, 0.2) is 54.9 Å². The molecule has 2 fully saturated rings. The number of piperidine rings is 1. The number of rotatable bonds is 11. The summed E-state index contributed by atoms with van der Waals surface area (Å²) in [4.78, 5) is 37.0. The molecule has 45 heavy (non-hydrogen) atoms. The van der Waals surface area contributed by atoms with Gasteiger partial charge in [0.2, 0.25) is 5.91 Å². The van der Waals surface area contributed by atoms with Gasteiger partial charge in [-0.15, -0.1) is 11.3 Å². The number of aliphatic hydroxyl groups is 1. The van der Waals surface area contributed by atoms with E-state index >= 15 is 0 Å². The summed E-state index contributed by atoms with van der Waals surface area (Å²) in [7, 11) is 0. The van der Waals surface area contributed by atoms with Crippen LogP contribution in [0.2, 0.25) is 0 Å². The zero-order chi connectivity index (χ0) is 31.3. The first-order valence-corrected chi connectivity index (χ1v) is 16.2. The maximum atomic E-state index is 14.9. The molecule has 1 aromatic carbocycles. The standard InChI is InChI=1S/C33H37FN6O4S/c1-2-24(41)17-37-32(42)21-4-3-13-40(19-21)18-20-5-9-26(36-16-20)30-15-27-31(45-30)29(11-12-35-27)44-28-10-8-23(14-25(28)34)39-33(43)38-22-6-7-22/h5,8-12,14-16,21-22,24,41H,2-4,6-7,13,17-19H2,1H3,(H,37,42)(H2,38,39,43)/t21?,24-/m0/s1. The molecule has 1 unspecified atom stereocenters. The molecule has 0 spiro atoms. The van der Waals surface area contributed by atoms with Crippen molar-refractivity contribution in [3.05, 3.63) is 66.2 Å². The number of ether oxygens (including phenoxy) is 1. The summed E-state index contributed by atoms with van der Waals surface area (Å²) in [5.74, 6) is -0.142. The van der Waals surface area contributed by atoms with Crippen LogP contribution in [0.5, 0.6) is 11.5 Å². The second-order valence-electron chi connectivity index (χ2n) is 11.7. The Labute approximate surface area is 265 Å². The predicted octanol–water partition coefficient (Wildman–Crippen LogP) is 5.67. The molecular weight excluding hydrogens is 595 g/mol.